The van der Waals surface area contributed by atoms with Crippen molar-refractivity contribution >= 4 is 21.8 Å². The van der Waals surface area contributed by atoms with Crippen LogP contribution < -0.4 is 9.47 Å². The van der Waals surface area contributed by atoms with Crippen molar-refractivity contribution in [2.45, 2.75) is 0 Å². The predicted molar refractivity (Wildman–Crippen MR) is 127 cm³/mol. The maximum absolute atomic E-state index is 6.11. The molecule has 0 unspecified atom stereocenters. The van der Waals surface area contributed by atoms with Crippen LogP contribution in [0.2, 0.25) is 0 Å². The van der Waals surface area contributed by atoms with Gasteiger partial charge in [0.2, 0.25) is 17.6 Å². The summed E-state index contributed by atoms with van der Waals surface area (Å²) in [7, 11) is 0. The molecule has 4 aromatic heterocycles. The number of para-hydroxylation sites is 1. The highest BCUT2D eigenvalue weighted by molar-refractivity contribution is 6.09. The van der Waals surface area contributed by atoms with Crippen molar-refractivity contribution in [3.63, 3.8) is 0 Å². The van der Waals surface area contributed by atoms with Gasteiger partial charge in [0, 0.05) is 47.4 Å². The summed E-state index contributed by atoms with van der Waals surface area (Å²) in [5.74, 6) is 2.84. The first-order valence-electron chi connectivity index (χ1n) is 10.5. The molecule has 0 aliphatic rings. The maximum atomic E-state index is 6.11. The summed E-state index contributed by atoms with van der Waals surface area (Å²) >= 11 is 0. The lowest BCUT2D eigenvalue weighted by molar-refractivity contribution is 0.417. The van der Waals surface area contributed by atoms with Crippen LogP contribution in [0.4, 0.5) is 0 Å². The number of ether oxygens (including phenoxy) is 2. The van der Waals surface area contributed by atoms with Gasteiger partial charge in [-0.25, -0.2) is 9.97 Å². The lowest BCUT2D eigenvalue weighted by atomic mass is 10.1. The Kier molecular flexibility index (Phi) is 4.66. The van der Waals surface area contributed by atoms with Crippen molar-refractivity contribution in [1.29, 1.82) is 0 Å². The third-order valence-electron chi connectivity index (χ3n) is 5.29. The Morgan fingerprint density at radius 3 is 2.09 bits per heavy atom. The quantitative estimate of drug-likeness (QED) is 0.310. The molecule has 0 aliphatic heterocycles. The fraction of sp³-hybridized carbons (Fsp3) is 0. The summed E-state index contributed by atoms with van der Waals surface area (Å²) in [6.07, 6.45) is 3.47. The largest absolute Gasteiger partial charge is 0.439 e. The summed E-state index contributed by atoms with van der Waals surface area (Å²) in [4.78, 5) is 13.2. The Hall–Kier alpha value is -4.71. The number of benzene rings is 2. The minimum Gasteiger partial charge on any atom is -0.439 e. The zero-order valence-electron chi connectivity index (χ0n) is 17.5. The molecular weight excluding hydrogens is 412 g/mol. The molecule has 0 N–H and O–H groups in total. The highest BCUT2D eigenvalue weighted by Crippen LogP contribution is 2.34. The highest BCUT2D eigenvalue weighted by atomic mass is 16.5. The van der Waals surface area contributed by atoms with Crippen molar-refractivity contribution in [3.8, 4) is 29.2 Å². The fourth-order valence-electron chi connectivity index (χ4n) is 3.89. The summed E-state index contributed by atoms with van der Waals surface area (Å²) < 4.78 is 14.0. The average molecular weight is 430 g/mol. The molecule has 0 bridgehead atoms. The Balaban J connectivity index is 1.40. The number of pyridine rings is 3. The van der Waals surface area contributed by atoms with E-state index in [1.165, 1.54) is 0 Å². The van der Waals surface area contributed by atoms with Crippen LogP contribution in [0.3, 0.4) is 0 Å². The summed E-state index contributed by atoms with van der Waals surface area (Å²) in [5, 5.41) is 2.29. The van der Waals surface area contributed by atoms with Crippen LogP contribution in [0.1, 0.15) is 0 Å². The Morgan fingerprint density at radius 2 is 1.27 bits per heavy atom. The molecule has 0 amide bonds. The first kappa shape index (κ1) is 19.0. The molecule has 0 aliphatic carbocycles. The van der Waals surface area contributed by atoms with E-state index >= 15 is 0 Å². The average Bonchev–Trinajstić information content (AvgIpc) is 3.19. The molecular formula is C27H18N4O2. The zero-order chi connectivity index (χ0) is 22.0. The molecule has 6 rings (SSSR count). The third-order valence-corrected chi connectivity index (χ3v) is 5.29. The molecule has 0 saturated carbocycles. The topological polar surface area (TPSA) is 62.1 Å². The van der Waals surface area contributed by atoms with E-state index in [-0.39, 0.29) is 0 Å². The van der Waals surface area contributed by atoms with E-state index in [1.807, 2.05) is 60.7 Å². The second-order valence-corrected chi connectivity index (χ2v) is 7.41. The molecule has 2 aromatic carbocycles. The summed E-state index contributed by atoms with van der Waals surface area (Å²) in [6.45, 7) is 0. The molecule has 0 spiro atoms. The molecule has 6 heteroatoms. The van der Waals surface area contributed by atoms with Crippen LogP contribution in [-0.4, -0.2) is 19.5 Å². The van der Waals surface area contributed by atoms with Gasteiger partial charge >= 0.3 is 0 Å². The van der Waals surface area contributed by atoms with E-state index in [0.29, 0.717) is 23.4 Å². The number of rotatable bonds is 5. The Bertz CT molecular complexity index is 1560. The number of hydrogen-bond donors (Lipinski definition) is 0. The monoisotopic (exact) mass is 430 g/mol. The highest BCUT2D eigenvalue weighted by Gasteiger charge is 2.14. The first-order chi connectivity index (χ1) is 16.3. The van der Waals surface area contributed by atoms with Crippen LogP contribution in [0.5, 0.6) is 23.4 Å². The summed E-state index contributed by atoms with van der Waals surface area (Å²) in [6, 6.07) is 31.1. The maximum Gasteiger partial charge on any atom is 0.224 e. The van der Waals surface area contributed by atoms with E-state index in [9.17, 15) is 0 Å². The zero-order valence-corrected chi connectivity index (χ0v) is 17.5. The predicted octanol–water partition coefficient (Wildman–Crippen LogP) is 6.55. The molecule has 0 radical (unpaired) electrons. The normalized spacial score (nSPS) is 11.0. The second-order valence-electron chi connectivity index (χ2n) is 7.41. The van der Waals surface area contributed by atoms with Gasteiger partial charge in [-0.3, -0.25) is 4.57 Å². The summed E-state index contributed by atoms with van der Waals surface area (Å²) in [5.41, 5.74) is 2.10. The first-order valence-corrected chi connectivity index (χ1v) is 10.5. The van der Waals surface area contributed by atoms with E-state index in [0.717, 1.165) is 27.6 Å². The standard InChI is InChI=1S/C27H18N4O2/c1-2-9-22-20(8-1)21-15-14-19(18-23(21)31(22)24-10-3-5-16-28-24)32-26-12-7-13-27(30-26)33-25-11-4-6-17-29-25/h1-18H. The lowest BCUT2D eigenvalue weighted by Gasteiger charge is -2.09. The van der Waals surface area contributed by atoms with Gasteiger partial charge < -0.3 is 9.47 Å². The van der Waals surface area contributed by atoms with E-state index in [4.69, 9.17) is 9.47 Å². The number of nitrogens with zero attached hydrogens (tertiary/aromatic N) is 4. The van der Waals surface area contributed by atoms with Gasteiger partial charge in [0.15, 0.2) is 0 Å². The van der Waals surface area contributed by atoms with Crippen molar-refractivity contribution in [3.05, 3.63) is 109 Å². The van der Waals surface area contributed by atoms with Gasteiger partial charge in [0.05, 0.1) is 11.0 Å². The van der Waals surface area contributed by atoms with Gasteiger partial charge in [-0.05, 0) is 36.4 Å². The van der Waals surface area contributed by atoms with Crippen LogP contribution in [-0.2, 0) is 0 Å². The number of hydrogen-bond acceptors (Lipinski definition) is 5. The Labute approximate surface area is 189 Å². The third kappa shape index (κ3) is 3.64. The lowest BCUT2D eigenvalue weighted by Crippen LogP contribution is -1.96. The van der Waals surface area contributed by atoms with E-state index in [2.05, 4.69) is 37.7 Å². The smallest absolute Gasteiger partial charge is 0.224 e. The van der Waals surface area contributed by atoms with Crippen molar-refractivity contribution in [2.24, 2.45) is 0 Å². The fourth-order valence-corrected chi connectivity index (χ4v) is 3.89. The number of fused-ring (bicyclic) bond motifs is 3. The van der Waals surface area contributed by atoms with Crippen molar-refractivity contribution < 1.29 is 9.47 Å². The van der Waals surface area contributed by atoms with Crippen LogP contribution in [0.25, 0.3) is 27.6 Å². The van der Waals surface area contributed by atoms with Gasteiger partial charge in [0.25, 0.3) is 0 Å². The van der Waals surface area contributed by atoms with Crippen molar-refractivity contribution in [2.75, 3.05) is 0 Å². The second kappa shape index (κ2) is 8.09. The minimum atomic E-state index is 0.412. The number of aromatic nitrogens is 4. The Morgan fingerprint density at radius 1 is 0.545 bits per heavy atom. The van der Waals surface area contributed by atoms with Gasteiger partial charge in [0.1, 0.15) is 11.6 Å². The van der Waals surface area contributed by atoms with Gasteiger partial charge in [-0.15, -0.1) is 0 Å². The molecule has 33 heavy (non-hydrogen) atoms. The van der Waals surface area contributed by atoms with Crippen LogP contribution in [0.15, 0.2) is 109 Å². The van der Waals surface area contributed by atoms with Gasteiger partial charge in [-0.2, -0.15) is 4.98 Å². The molecule has 0 atom stereocenters. The van der Waals surface area contributed by atoms with Crippen LogP contribution in [0, 0.1) is 0 Å². The van der Waals surface area contributed by atoms with E-state index < -0.39 is 0 Å². The molecule has 158 valence electrons. The molecule has 6 aromatic rings. The SMILES string of the molecule is c1ccc(Oc2cccc(Oc3ccc4c5ccccc5n(-c5ccccn5)c4c3)n2)nc1. The molecule has 6 nitrogen and oxygen atoms in total. The van der Waals surface area contributed by atoms with Crippen LogP contribution >= 0.6 is 0 Å². The van der Waals surface area contributed by atoms with Gasteiger partial charge in [-0.1, -0.05) is 36.4 Å². The molecule has 0 saturated heterocycles. The van der Waals surface area contributed by atoms with Crippen molar-refractivity contribution in [1.82, 2.24) is 19.5 Å². The molecule has 0 fully saturated rings. The minimum absolute atomic E-state index is 0.412. The van der Waals surface area contributed by atoms with E-state index in [1.54, 1.807) is 30.6 Å². The molecule has 4 heterocycles.